The van der Waals surface area contributed by atoms with Gasteiger partial charge in [-0.2, -0.15) is 0 Å². The fraction of sp³-hybridized carbons (Fsp3) is 0.533. The predicted molar refractivity (Wildman–Crippen MR) is 81.1 cm³/mol. The van der Waals surface area contributed by atoms with Crippen molar-refractivity contribution in [3.8, 4) is 5.75 Å². The summed E-state index contributed by atoms with van der Waals surface area (Å²) in [5.41, 5.74) is 0.994. The largest absolute Gasteiger partial charge is 0.494 e. The van der Waals surface area contributed by atoms with E-state index in [4.69, 9.17) is 4.74 Å². The summed E-state index contributed by atoms with van der Waals surface area (Å²) in [7, 11) is -2.96. The van der Waals surface area contributed by atoms with Gasteiger partial charge >= 0.3 is 0 Å². The van der Waals surface area contributed by atoms with Crippen LogP contribution >= 0.6 is 0 Å². The van der Waals surface area contributed by atoms with Crippen LogP contribution in [0.2, 0.25) is 0 Å². The number of carbonyl (C=O) groups excluding carboxylic acids is 1. The van der Waals surface area contributed by atoms with E-state index in [1.807, 2.05) is 31.2 Å². The minimum Gasteiger partial charge on any atom is -0.494 e. The lowest BCUT2D eigenvalue weighted by Gasteiger charge is -2.12. The second-order valence-corrected chi connectivity index (χ2v) is 7.44. The Bertz CT molecular complexity index is 597. The molecule has 0 unspecified atom stereocenters. The molecule has 1 N–H and O–H groups in total. The molecule has 116 valence electrons. The van der Waals surface area contributed by atoms with Gasteiger partial charge in [-0.3, -0.25) is 4.79 Å². The third kappa shape index (κ3) is 4.74. The number of aryl methyl sites for hydroxylation is 1. The Kier molecular flexibility index (Phi) is 5.22. The molecule has 1 fully saturated rings. The lowest BCUT2D eigenvalue weighted by Crippen LogP contribution is -2.35. The summed E-state index contributed by atoms with van der Waals surface area (Å²) in [6.45, 7) is 2.51. The number of nitrogens with one attached hydrogen (secondary N) is 1. The van der Waals surface area contributed by atoms with Crippen LogP contribution in [0.4, 0.5) is 0 Å². The van der Waals surface area contributed by atoms with Crippen LogP contribution in [0.25, 0.3) is 0 Å². The summed E-state index contributed by atoms with van der Waals surface area (Å²) < 4.78 is 28.2. The first-order valence-electron chi connectivity index (χ1n) is 7.20. The number of hydrogen-bond acceptors (Lipinski definition) is 4. The molecule has 1 aliphatic heterocycles. The fourth-order valence-electron chi connectivity index (χ4n) is 2.46. The van der Waals surface area contributed by atoms with E-state index < -0.39 is 9.84 Å². The van der Waals surface area contributed by atoms with Gasteiger partial charge in [-0.1, -0.05) is 18.2 Å². The Labute approximate surface area is 125 Å². The number of hydrogen-bond donors (Lipinski definition) is 1. The number of amides is 1. The van der Waals surface area contributed by atoms with Crippen molar-refractivity contribution < 1.29 is 17.9 Å². The third-order valence-corrected chi connectivity index (χ3v) is 5.26. The average molecular weight is 311 g/mol. The van der Waals surface area contributed by atoms with E-state index in [1.54, 1.807) is 0 Å². The second kappa shape index (κ2) is 6.93. The van der Waals surface area contributed by atoms with Crippen molar-refractivity contribution >= 4 is 15.7 Å². The summed E-state index contributed by atoms with van der Waals surface area (Å²) >= 11 is 0. The molecule has 5 nitrogen and oxygen atoms in total. The van der Waals surface area contributed by atoms with Crippen molar-refractivity contribution in [3.63, 3.8) is 0 Å². The fourth-order valence-corrected chi connectivity index (χ4v) is 4.14. The molecular weight excluding hydrogens is 290 g/mol. The molecule has 1 amide bonds. The molecule has 0 radical (unpaired) electrons. The second-order valence-electron chi connectivity index (χ2n) is 5.21. The van der Waals surface area contributed by atoms with Gasteiger partial charge in [0.15, 0.2) is 9.84 Å². The number of sulfone groups is 1. The summed E-state index contributed by atoms with van der Waals surface area (Å²) in [4.78, 5) is 11.9. The van der Waals surface area contributed by atoms with Crippen molar-refractivity contribution in [1.29, 1.82) is 0 Å². The van der Waals surface area contributed by atoms with Gasteiger partial charge in [0, 0.05) is 12.5 Å². The number of carbonyl (C=O) groups is 1. The molecule has 1 aromatic rings. The SMILES string of the molecule is CCOc1ccccc1CCC(=O)N[C@@H]1CCS(=O)(=O)C1. The van der Waals surface area contributed by atoms with E-state index in [0.29, 0.717) is 25.9 Å². The smallest absolute Gasteiger partial charge is 0.220 e. The van der Waals surface area contributed by atoms with E-state index in [-0.39, 0.29) is 23.5 Å². The minimum absolute atomic E-state index is 0.0638. The van der Waals surface area contributed by atoms with Crippen molar-refractivity contribution in [1.82, 2.24) is 5.32 Å². The molecule has 1 aromatic carbocycles. The van der Waals surface area contributed by atoms with Crippen LogP contribution < -0.4 is 10.1 Å². The summed E-state index contributed by atoms with van der Waals surface area (Å²) in [5, 5.41) is 2.80. The van der Waals surface area contributed by atoms with Crippen molar-refractivity contribution in [2.75, 3.05) is 18.1 Å². The molecule has 0 aromatic heterocycles. The van der Waals surface area contributed by atoms with Gasteiger partial charge in [0.1, 0.15) is 5.75 Å². The standard InChI is InChI=1S/C15H21NO4S/c1-2-20-14-6-4-3-5-12(14)7-8-15(17)16-13-9-10-21(18,19)11-13/h3-6,13H,2,7-11H2,1H3,(H,16,17)/t13-/m1/s1. The normalized spacial score (nSPS) is 20.1. The molecule has 0 spiro atoms. The van der Waals surface area contributed by atoms with E-state index in [1.165, 1.54) is 0 Å². The zero-order valence-electron chi connectivity index (χ0n) is 12.2. The molecule has 21 heavy (non-hydrogen) atoms. The molecule has 1 saturated heterocycles. The van der Waals surface area contributed by atoms with Gasteiger partial charge in [-0.05, 0) is 31.4 Å². The number of rotatable bonds is 6. The van der Waals surface area contributed by atoms with Crippen LogP contribution in [-0.4, -0.2) is 38.5 Å². The number of para-hydroxylation sites is 1. The van der Waals surface area contributed by atoms with Gasteiger partial charge in [-0.15, -0.1) is 0 Å². The highest BCUT2D eigenvalue weighted by Crippen LogP contribution is 2.19. The van der Waals surface area contributed by atoms with Crippen molar-refractivity contribution in [3.05, 3.63) is 29.8 Å². The first kappa shape index (κ1) is 15.8. The first-order valence-corrected chi connectivity index (χ1v) is 9.03. The maximum absolute atomic E-state index is 11.9. The van der Waals surface area contributed by atoms with E-state index in [2.05, 4.69) is 5.32 Å². The molecule has 2 rings (SSSR count). The van der Waals surface area contributed by atoms with E-state index >= 15 is 0 Å². The predicted octanol–water partition coefficient (Wildman–Crippen LogP) is 1.32. The average Bonchev–Trinajstić information content (AvgIpc) is 2.77. The van der Waals surface area contributed by atoms with Crippen LogP contribution in [0.1, 0.15) is 25.3 Å². The Hall–Kier alpha value is -1.56. The van der Waals surface area contributed by atoms with E-state index in [9.17, 15) is 13.2 Å². The van der Waals surface area contributed by atoms with Crippen LogP contribution in [0.3, 0.4) is 0 Å². The summed E-state index contributed by atoms with van der Waals surface area (Å²) in [5.74, 6) is 0.930. The van der Waals surface area contributed by atoms with Crippen molar-refractivity contribution in [2.45, 2.75) is 32.2 Å². The van der Waals surface area contributed by atoms with Crippen LogP contribution in [0, 0.1) is 0 Å². The summed E-state index contributed by atoms with van der Waals surface area (Å²) in [6.07, 6.45) is 1.44. The number of benzene rings is 1. The monoisotopic (exact) mass is 311 g/mol. The van der Waals surface area contributed by atoms with Crippen LogP contribution in [0.15, 0.2) is 24.3 Å². The molecule has 0 aliphatic carbocycles. The summed E-state index contributed by atoms with van der Waals surface area (Å²) in [6, 6.07) is 7.42. The van der Waals surface area contributed by atoms with Gasteiger partial charge in [-0.25, -0.2) is 8.42 Å². The Morgan fingerprint density at radius 2 is 2.14 bits per heavy atom. The van der Waals surface area contributed by atoms with Crippen LogP contribution in [0.5, 0.6) is 5.75 Å². The molecule has 1 aliphatic rings. The van der Waals surface area contributed by atoms with Gasteiger partial charge in [0.05, 0.1) is 18.1 Å². The first-order chi connectivity index (χ1) is 10.00. The maximum atomic E-state index is 11.9. The Balaban J connectivity index is 1.84. The highest BCUT2D eigenvalue weighted by molar-refractivity contribution is 7.91. The zero-order chi connectivity index (χ0) is 15.3. The molecule has 0 bridgehead atoms. The minimum atomic E-state index is -2.96. The highest BCUT2D eigenvalue weighted by atomic mass is 32.2. The van der Waals surface area contributed by atoms with Gasteiger partial charge < -0.3 is 10.1 Å². The van der Waals surface area contributed by atoms with E-state index in [0.717, 1.165) is 11.3 Å². The number of ether oxygens (including phenoxy) is 1. The third-order valence-electron chi connectivity index (χ3n) is 3.49. The van der Waals surface area contributed by atoms with Crippen LogP contribution in [-0.2, 0) is 21.1 Å². The van der Waals surface area contributed by atoms with Crippen molar-refractivity contribution in [2.24, 2.45) is 0 Å². The lowest BCUT2D eigenvalue weighted by molar-refractivity contribution is -0.121. The lowest BCUT2D eigenvalue weighted by atomic mass is 10.1. The topological polar surface area (TPSA) is 72.5 Å². The Morgan fingerprint density at radius 3 is 2.81 bits per heavy atom. The molecular formula is C15H21NO4S. The molecule has 1 atom stereocenters. The molecule has 1 heterocycles. The molecule has 6 heteroatoms. The quantitative estimate of drug-likeness (QED) is 0.860. The highest BCUT2D eigenvalue weighted by Gasteiger charge is 2.28. The molecule has 0 saturated carbocycles. The Morgan fingerprint density at radius 1 is 1.38 bits per heavy atom. The van der Waals surface area contributed by atoms with Gasteiger partial charge in [0.25, 0.3) is 0 Å². The zero-order valence-corrected chi connectivity index (χ0v) is 13.0. The maximum Gasteiger partial charge on any atom is 0.220 e. The van der Waals surface area contributed by atoms with Gasteiger partial charge in [0.2, 0.25) is 5.91 Å².